The lowest BCUT2D eigenvalue weighted by Gasteiger charge is -2.37. The number of para-hydroxylation sites is 1. The molecule has 0 saturated carbocycles. The Balaban J connectivity index is 1.89. The molecular formula is C13H20ClN3O. The van der Waals surface area contributed by atoms with Crippen molar-refractivity contribution < 1.29 is 5.11 Å². The predicted octanol–water partition coefficient (Wildman–Crippen LogP) is 0.782. The van der Waals surface area contributed by atoms with Gasteiger partial charge in [0.25, 0.3) is 0 Å². The largest absolute Gasteiger partial charge is 0.390 e. The lowest BCUT2D eigenvalue weighted by molar-refractivity contribution is 0.115. The molecule has 18 heavy (non-hydrogen) atoms. The Morgan fingerprint density at radius 3 is 2.50 bits per heavy atom. The van der Waals surface area contributed by atoms with Crippen LogP contribution in [-0.4, -0.2) is 55.4 Å². The van der Waals surface area contributed by atoms with Crippen molar-refractivity contribution in [1.29, 1.82) is 0 Å². The summed E-state index contributed by atoms with van der Waals surface area (Å²) < 4.78 is 0. The van der Waals surface area contributed by atoms with Crippen LogP contribution in [0.1, 0.15) is 0 Å². The standard InChI is InChI=1S/C13H20ClN3O/c14-12-3-1-2-4-13(12)17-7-5-16(6-8-17)10-11(18)9-15/h1-4,11,18H,5-10,15H2. The third-order valence-electron chi connectivity index (χ3n) is 3.31. The van der Waals surface area contributed by atoms with Gasteiger partial charge in [-0.15, -0.1) is 0 Å². The van der Waals surface area contributed by atoms with Crippen LogP contribution in [0.5, 0.6) is 0 Å². The summed E-state index contributed by atoms with van der Waals surface area (Å²) in [7, 11) is 0. The van der Waals surface area contributed by atoms with E-state index in [-0.39, 0.29) is 0 Å². The Labute approximate surface area is 113 Å². The van der Waals surface area contributed by atoms with E-state index in [2.05, 4.69) is 9.80 Å². The number of halogens is 1. The SMILES string of the molecule is NCC(O)CN1CCN(c2ccccc2Cl)CC1. The highest BCUT2D eigenvalue weighted by atomic mass is 35.5. The maximum Gasteiger partial charge on any atom is 0.0789 e. The van der Waals surface area contributed by atoms with Crippen LogP contribution in [0.4, 0.5) is 5.69 Å². The first-order valence-electron chi connectivity index (χ1n) is 6.30. The van der Waals surface area contributed by atoms with Crippen molar-refractivity contribution >= 4 is 17.3 Å². The second-order valence-corrected chi connectivity index (χ2v) is 5.04. The second-order valence-electron chi connectivity index (χ2n) is 4.63. The molecule has 100 valence electrons. The maximum atomic E-state index is 9.54. The Kier molecular flexibility index (Phi) is 4.83. The van der Waals surface area contributed by atoms with Crippen LogP contribution >= 0.6 is 11.6 Å². The normalized spacial score (nSPS) is 18.9. The van der Waals surface area contributed by atoms with Crippen molar-refractivity contribution in [3.63, 3.8) is 0 Å². The predicted molar refractivity (Wildman–Crippen MR) is 75.2 cm³/mol. The molecular weight excluding hydrogens is 250 g/mol. The molecule has 1 aliphatic heterocycles. The van der Waals surface area contributed by atoms with E-state index < -0.39 is 6.10 Å². The van der Waals surface area contributed by atoms with Gasteiger partial charge >= 0.3 is 0 Å². The molecule has 5 heteroatoms. The highest BCUT2D eigenvalue weighted by molar-refractivity contribution is 6.33. The molecule has 1 aromatic rings. The van der Waals surface area contributed by atoms with Crippen molar-refractivity contribution in [1.82, 2.24) is 4.90 Å². The Hall–Kier alpha value is -0.810. The first-order valence-corrected chi connectivity index (χ1v) is 6.68. The summed E-state index contributed by atoms with van der Waals surface area (Å²) in [5, 5.41) is 10.3. The van der Waals surface area contributed by atoms with E-state index in [0.717, 1.165) is 36.9 Å². The van der Waals surface area contributed by atoms with Gasteiger partial charge in [0, 0.05) is 39.3 Å². The van der Waals surface area contributed by atoms with Crippen LogP contribution in [0.25, 0.3) is 0 Å². The average Bonchev–Trinajstić information content (AvgIpc) is 2.40. The van der Waals surface area contributed by atoms with Crippen molar-refractivity contribution in [2.75, 3.05) is 44.2 Å². The second kappa shape index (κ2) is 6.38. The van der Waals surface area contributed by atoms with E-state index in [1.165, 1.54) is 0 Å². The van der Waals surface area contributed by atoms with E-state index in [0.29, 0.717) is 13.1 Å². The minimum atomic E-state index is -0.420. The average molecular weight is 270 g/mol. The fourth-order valence-corrected chi connectivity index (χ4v) is 2.51. The van der Waals surface area contributed by atoms with E-state index in [4.69, 9.17) is 17.3 Å². The van der Waals surface area contributed by atoms with Crippen LogP contribution in [-0.2, 0) is 0 Å². The van der Waals surface area contributed by atoms with E-state index in [1.54, 1.807) is 0 Å². The number of benzene rings is 1. The molecule has 0 bridgehead atoms. The first-order chi connectivity index (χ1) is 8.70. The smallest absolute Gasteiger partial charge is 0.0789 e. The Morgan fingerprint density at radius 1 is 1.22 bits per heavy atom. The molecule has 1 heterocycles. The minimum Gasteiger partial charge on any atom is -0.390 e. The fourth-order valence-electron chi connectivity index (χ4n) is 2.25. The van der Waals surface area contributed by atoms with E-state index >= 15 is 0 Å². The summed E-state index contributed by atoms with van der Waals surface area (Å²) in [6, 6.07) is 7.92. The number of β-amino-alcohol motifs (C(OH)–C–C–N with tert-alkyl or cyclic N) is 1. The van der Waals surface area contributed by atoms with Crippen LogP contribution < -0.4 is 10.6 Å². The third kappa shape index (κ3) is 3.36. The molecule has 1 atom stereocenters. The number of anilines is 1. The quantitative estimate of drug-likeness (QED) is 0.848. The number of aliphatic hydroxyl groups is 1. The monoisotopic (exact) mass is 269 g/mol. The lowest BCUT2D eigenvalue weighted by Crippen LogP contribution is -2.49. The minimum absolute atomic E-state index is 0.324. The lowest BCUT2D eigenvalue weighted by atomic mass is 10.2. The van der Waals surface area contributed by atoms with Crippen LogP contribution in [0.2, 0.25) is 5.02 Å². The number of nitrogens with two attached hydrogens (primary N) is 1. The van der Waals surface area contributed by atoms with Gasteiger partial charge in [0.15, 0.2) is 0 Å². The number of aliphatic hydroxyl groups excluding tert-OH is 1. The molecule has 0 aromatic heterocycles. The molecule has 0 spiro atoms. The Bertz CT molecular complexity index is 380. The highest BCUT2D eigenvalue weighted by Crippen LogP contribution is 2.25. The summed E-state index contributed by atoms with van der Waals surface area (Å²) in [4.78, 5) is 4.53. The number of hydrogen-bond donors (Lipinski definition) is 2. The number of piperazine rings is 1. The van der Waals surface area contributed by atoms with Gasteiger partial charge in [-0.25, -0.2) is 0 Å². The van der Waals surface area contributed by atoms with Crippen LogP contribution in [0.15, 0.2) is 24.3 Å². The Morgan fingerprint density at radius 2 is 1.89 bits per heavy atom. The molecule has 1 aromatic carbocycles. The molecule has 1 fully saturated rings. The zero-order chi connectivity index (χ0) is 13.0. The van der Waals surface area contributed by atoms with Crippen molar-refractivity contribution in [3.8, 4) is 0 Å². The third-order valence-corrected chi connectivity index (χ3v) is 3.63. The van der Waals surface area contributed by atoms with Crippen molar-refractivity contribution in [2.45, 2.75) is 6.10 Å². The number of rotatable bonds is 4. The van der Waals surface area contributed by atoms with Gasteiger partial charge in [-0.1, -0.05) is 23.7 Å². The molecule has 0 aliphatic carbocycles. The van der Waals surface area contributed by atoms with Gasteiger partial charge in [0.2, 0.25) is 0 Å². The van der Waals surface area contributed by atoms with Gasteiger partial charge in [-0.2, -0.15) is 0 Å². The molecule has 1 saturated heterocycles. The van der Waals surface area contributed by atoms with Crippen LogP contribution in [0, 0.1) is 0 Å². The molecule has 0 radical (unpaired) electrons. The van der Waals surface area contributed by atoms with Crippen LogP contribution in [0.3, 0.4) is 0 Å². The molecule has 0 amide bonds. The first kappa shape index (κ1) is 13.6. The van der Waals surface area contributed by atoms with E-state index in [1.807, 2.05) is 24.3 Å². The molecule has 1 unspecified atom stereocenters. The topological polar surface area (TPSA) is 52.7 Å². The van der Waals surface area contributed by atoms with Gasteiger partial charge < -0.3 is 15.7 Å². The summed E-state index contributed by atoms with van der Waals surface area (Å²) in [5.74, 6) is 0. The fraction of sp³-hybridized carbons (Fsp3) is 0.538. The molecule has 2 rings (SSSR count). The summed E-state index contributed by atoms with van der Waals surface area (Å²) >= 11 is 6.19. The van der Waals surface area contributed by atoms with Gasteiger partial charge in [0.1, 0.15) is 0 Å². The maximum absolute atomic E-state index is 9.54. The summed E-state index contributed by atoms with van der Waals surface area (Å²) in [5.41, 5.74) is 6.52. The zero-order valence-electron chi connectivity index (χ0n) is 10.4. The van der Waals surface area contributed by atoms with E-state index in [9.17, 15) is 5.11 Å². The summed E-state index contributed by atoms with van der Waals surface area (Å²) in [6.45, 7) is 4.71. The van der Waals surface area contributed by atoms with Gasteiger partial charge in [0.05, 0.1) is 16.8 Å². The van der Waals surface area contributed by atoms with Crippen molar-refractivity contribution in [2.24, 2.45) is 5.73 Å². The molecule has 4 nitrogen and oxygen atoms in total. The highest BCUT2D eigenvalue weighted by Gasteiger charge is 2.19. The van der Waals surface area contributed by atoms with Crippen molar-refractivity contribution in [3.05, 3.63) is 29.3 Å². The summed E-state index contributed by atoms with van der Waals surface area (Å²) in [6.07, 6.45) is -0.420. The molecule has 3 N–H and O–H groups in total. The number of hydrogen-bond acceptors (Lipinski definition) is 4. The molecule has 1 aliphatic rings. The zero-order valence-corrected chi connectivity index (χ0v) is 11.2. The number of nitrogens with zero attached hydrogens (tertiary/aromatic N) is 2. The van der Waals surface area contributed by atoms with Gasteiger partial charge in [-0.3, -0.25) is 4.90 Å². The van der Waals surface area contributed by atoms with Gasteiger partial charge in [-0.05, 0) is 12.1 Å².